The van der Waals surface area contributed by atoms with Crippen molar-refractivity contribution < 1.29 is 19.1 Å². The molecule has 0 saturated carbocycles. The molecule has 2 amide bonds. The highest BCUT2D eigenvalue weighted by Crippen LogP contribution is 2.21. The normalized spacial score (nSPS) is 10.0. The number of carbonyl (C=O) groups excluding carboxylic acids is 2. The lowest BCUT2D eigenvalue weighted by atomic mass is 10.3. The van der Waals surface area contributed by atoms with E-state index in [4.69, 9.17) is 14.7 Å². The van der Waals surface area contributed by atoms with Gasteiger partial charge in [-0.2, -0.15) is 5.26 Å². The highest BCUT2D eigenvalue weighted by atomic mass is 16.6. The number of nitrogens with zero attached hydrogens (tertiary/aromatic N) is 2. The van der Waals surface area contributed by atoms with Crippen molar-refractivity contribution in [3.05, 3.63) is 54.6 Å². The van der Waals surface area contributed by atoms with E-state index in [0.717, 1.165) is 0 Å². The first kappa shape index (κ1) is 19.8. The van der Waals surface area contributed by atoms with E-state index in [1.165, 1.54) is 11.0 Å². The van der Waals surface area contributed by atoms with E-state index in [1.54, 1.807) is 56.3 Å². The first-order valence-electron chi connectivity index (χ1n) is 8.48. The van der Waals surface area contributed by atoms with E-state index < -0.39 is 12.2 Å². The molecule has 7 heteroatoms. The first-order valence-corrected chi connectivity index (χ1v) is 8.48. The van der Waals surface area contributed by atoms with Gasteiger partial charge in [-0.3, -0.25) is 10.2 Å². The Morgan fingerprint density at radius 2 is 1.89 bits per heavy atom. The smallest absolute Gasteiger partial charge is 0.419 e. The Balaban J connectivity index is 2.10. The van der Waals surface area contributed by atoms with Crippen LogP contribution in [-0.2, 0) is 4.74 Å². The molecule has 0 spiro atoms. The number of hydrogen-bond acceptors (Lipinski definition) is 5. The molecular formula is C20H21N3O4. The predicted octanol–water partition coefficient (Wildman–Crippen LogP) is 4.56. The van der Waals surface area contributed by atoms with Gasteiger partial charge in [0.15, 0.2) is 0 Å². The van der Waals surface area contributed by atoms with Crippen LogP contribution in [0.4, 0.5) is 21.0 Å². The highest BCUT2D eigenvalue weighted by Gasteiger charge is 2.18. The number of hydrogen-bond donors (Lipinski definition) is 1. The lowest BCUT2D eigenvalue weighted by Gasteiger charge is -2.21. The zero-order valence-electron chi connectivity index (χ0n) is 15.2. The van der Waals surface area contributed by atoms with Gasteiger partial charge in [-0.15, -0.1) is 0 Å². The Hall–Kier alpha value is -3.53. The molecule has 140 valence electrons. The average Bonchev–Trinajstić information content (AvgIpc) is 2.62. The predicted molar refractivity (Wildman–Crippen MR) is 102 cm³/mol. The van der Waals surface area contributed by atoms with Gasteiger partial charge in [-0.05, 0) is 38.1 Å². The van der Waals surface area contributed by atoms with E-state index in [0.29, 0.717) is 11.4 Å². The number of amides is 2. The van der Waals surface area contributed by atoms with Gasteiger partial charge in [0.1, 0.15) is 5.75 Å². The highest BCUT2D eigenvalue weighted by molar-refractivity contribution is 5.89. The SMILES string of the molecule is CC(C)OC(=O)Nc1cccc(OC(=O)N(CCC#N)c2ccccc2)c1. The summed E-state index contributed by atoms with van der Waals surface area (Å²) < 4.78 is 10.4. The van der Waals surface area contributed by atoms with Crippen molar-refractivity contribution >= 4 is 23.6 Å². The summed E-state index contributed by atoms with van der Waals surface area (Å²) in [6.07, 6.45) is -1.27. The Kier molecular flexibility index (Phi) is 7.20. The van der Waals surface area contributed by atoms with Crippen molar-refractivity contribution in [2.75, 3.05) is 16.8 Å². The molecule has 1 N–H and O–H groups in total. The molecule has 0 unspecified atom stereocenters. The monoisotopic (exact) mass is 367 g/mol. The van der Waals surface area contributed by atoms with Crippen LogP contribution in [0.3, 0.4) is 0 Å². The van der Waals surface area contributed by atoms with Crippen molar-refractivity contribution in [2.24, 2.45) is 0 Å². The summed E-state index contributed by atoms with van der Waals surface area (Å²) in [6.45, 7) is 3.70. The second-order valence-electron chi connectivity index (χ2n) is 5.87. The zero-order chi connectivity index (χ0) is 19.6. The van der Waals surface area contributed by atoms with Gasteiger partial charge in [0.25, 0.3) is 0 Å². The molecule has 0 aliphatic rings. The van der Waals surface area contributed by atoms with Crippen molar-refractivity contribution in [3.8, 4) is 11.8 Å². The number of ether oxygens (including phenoxy) is 2. The second kappa shape index (κ2) is 9.82. The molecule has 0 radical (unpaired) electrons. The van der Waals surface area contributed by atoms with Crippen LogP contribution >= 0.6 is 0 Å². The molecule has 0 fully saturated rings. The molecule has 2 aromatic rings. The summed E-state index contributed by atoms with van der Waals surface area (Å²) in [7, 11) is 0. The third-order valence-electron chi connectivity index (χ3n) is 3.36. The molecule has 0 bridgehead atoms. The number of para-hydroxylation sites is 1. The lowest BCUT2D eigenvalue weighted by Crippen LogP contribution is -2.34. The Labute approximate surface area is 158 Å². The molecule has 2 aromatic carbocycles. The fourth-order valence-electron chi connectivity index (χ4n) is 2.25. The molecule has 0 aliphatic carbocycles. The van der Waals surface area contributed by atoms with Crippen molar-refractivity contribution in [1.82, 2.24) is 0 Å². The molecule has 2 rings (SSSR count). The molecule has 0 saturated heterocycles. The van der Waals surface area contributed by atoms with Crippen LogP contribution in [0.2, 0.25) is 0 Å². The first-order chi connectivity index (χ1) is 13.0. The number of nitriles is 1. The number of nitrogens with one attached hydrogen (secondary N) is 1. The van der Waals surface area contributed by atoms with Crippen LogP contribution in [0.5, 0.6) is 5.75 Å². The number of benzene rings is 2. The minimum atomic E-state index is -0.613. The Bertz CT molecular complexity index is 815. The third kappa shape index (κ3) is 6.36. The number of anilines is 2. The summed E-state index contributed by atoms with van der Waals surface area (Å²) >= 11 is 0. The van der Waals surface area contributed by atoms with Crippen molar-refractivity contribution in [2.45, 2.75) is 26.4 Å². The molecule has 0 heterocycles. The standard InChI is InChI=1S/C20H21N3O4/c1-15(2)26-19(24)22-16-8-6-11-18(14-16)27-20(25)23(13-7-12-21)17-9-4-3-5-10-17/h3-6,8-11,14-15H,7,13H2,1-2H3,(H,22,24). The average molecular weight is 367 g/mol. The summed E-state index contributed by atoms with van der Waals surface area (Å²) in [5.74, 6) is 0.264. The van der Waals surface area contributed by atoms with Crippen LogP contribution in [0.15, 0.2) is 54.6 Å². The summed E-state index contributed by atoms with van der Waals surface area (Å²) in [4.78, 5) is 25.7. The van der Waals surface area contributed by atoms with Gasteiger partial charge < -0.3 is 9.47 Å². The lowest BCUT2D eigenvalue weighted by molar-refractivity contribution is 0.130. The Morgan fingerprint density at radius 1 is 1.15 bits per heavy atom. The summed E-state index contributed by atoms with van der Waals surface area (Å²) in [5.41, 5.74) is 1.07. The molecule has 0 aliphatic heterocycles. The molecule has 7 nitrogen and oxygen atoms in total. The van der Waals surface area contributed by atoms with Crippen molar-refractivity contribution in [1.29, 1.82) is 5.26 Å². The zero-order valence-corrected chi connectivity index (χ0v) is 15.2. The molecule has 0 aromatic heterocycles. The second-order valence-corrected chi connectivity index (χ2v) is 5.87. The number of rotatable bonds is 6. The fraction of sp³-hybridized carbons (Fsp3) is 0.250. The van der Waals surface area contributed by atoms with Crippen LogP contribution < -0.4 is 15.0 Å². The maximum atomic E-state index is 12.6. The fourth-order valence-corrected chi connectivity index (χ4v) is 2.25. The van der Waals surface area contributed by atoms with Gasteiger partial charge in [-0.25, -0.2) is 9.59 Å². The van der Waals surface area contributed by atoms with Crippen LogP contribution in [0, 0.1) is 11.3 Å². The van der Waals surface area contributed by atoms with Gasteiger partial charge in [0.05, 0.1) is 18.6 Å². The van der Waals surface area contributed by atoms with E-state index in [-0.39, 0.29) is 24.8 Å². The molecular weight excluding hydrogens is 346 g/mol. The molecule has 0 atom stereocenters. The van der Waals surface area contributed by atoms with Gasteiger partial charge in [0, 0.05) is 24.0 Å². The minimum Gasteiger partial charge on any atom is -0.447 e. The maximum absolute atomic E-state index is 12.6. The molecule has 27 heavy (non-hydrogen) atoms. The van der Waals surface area contributed by atoms with Crippen molar-refractivity contribution in [3.63, 3.8) is 0 Å². The van der Waals surface area contributed by atoms with E-state index in [9.17, 15) is 9.59 Å². The van der Waals surface area contributed by atoms with Gasteiger partial charge >= 0.3 is 12.2 Å². The van der Waals surface area contributed by atoms with E-state index >= 15 is 0 Å². The number of carbonyl (C=O) groups is 2. The maximum Gasteiger partial charge on any atom is 0.419 e. The largest absolute Gasteiger partial charge is 0.447 e. The summed E-state index contributed by atoms with van der Waals surface area (Å²) in [6, 6.07) is 17.4. The summed E-state index contributed by atoms with van der Waals surface area (Å²) in [5, 5.41) is 11.4. The van der Waals surface area contributed by atoms with E-state index in [1.807, 2.05) is 12.1 Å². The Morgan fingerprint density at radius 3 is 2.56 bits per heavy atom. The third-order valence-corrected chi connectivity index (χ3v) is 3.36. The van der Waals surface area contributed by atoms with Crippen LogP contribution in [0.1, 0.15) is 20.3 Å². The van der Waals surface area contributed by atoms with Crippen LogP contribution in [-0.4, -0.2) is 24.8 Å². The minimum absolute atomic E-state index is 0.173. The van der Waals surface area contributed by atoms with Crippen LogP contribution in [0.25, 0.3) is 0 Å². The quantitative estimate of drug-likeness (QED) is 0.808. The van der Waals surface area contributed by atoms with Gasteiger partial charge in [-0.1, -0.05) is 24.3 Å². The van der Waals surface area contributed by atoms with E-state index in [2.05, 4.69) is 5.32 Å². The van der Waals surface area contributed by atoms with Gasteiger partial charge in [0.2, 0.25) is 0 Å². The topological polar surface area (TPSA) is 91.7 Å².